The van der Waals surface area contributed by atoms with E-state index in [4.69, 9.17) is 0 Å². The van der Waals surface area contributed by atoms with Crippen molar-refractivity contribution in [3.63, 3.8) is 0 Å². The fourth-order valence-electron chi connectivity index (χ4n) is 3.37. The van der Waals surface area contributed by atoms with Gasteiger partial charge in [0.05, 0.1) is 6.33 Å². The largest absolute Gasteiger partial charge is 0.216 e. The van der Waals surface area contributed by atoms with Crippen LogP contribution >= 0.6 is 0 Å². The van der Waals surface area contributed by atoms with E-state index >= 15 is 0 Å². The highest BCUT2D eigenvalue weighted by Crippen LogP contribution is 2.37. The zero-order valence-electron chi connectivity index (χ0n) is 12.8. The number of rotatable bonds is 3. The zero-order valence-corrected chi connectivity index (χ0v) is 12.8. The Morgan fingerprint density at radius 2 is 1.43 bits per heavy atom. The first-order valence-corrected chi connectivity index (χ1v) is 7.99. The second-order valence-electron chi connectivity index (χ2n) is 6.18. The van der Waals surface area contributed by atoms with Crippen LogP contribution in [0.3, 0.4) is 0 Å². The van der Waals surface area contributed by atoms with Crippen molar-refractivity contribution in [3.05, 3.63) is 72.1 Å². The minimum Gasteiger partial charge on any atom is -0.216 e. The second-order valence-corrected chi connectivity index (χ2v) is 6.18. The molecule has 0 nitrogen and oxygen atoms in total. The van der Waals surface area contributed by atoms with E-state index in [-0.39, 0.29) is 0 Å². The minimum atomic E-state index is -0.829. The number of benzene rings is 2. The predicted octanol–water partition coefficient (Wildman–Crippen LogP) is 6.39. The quantitative estimate of drug-likeness (QED) is 0.615. The summed E-state index contributed by atoms with van der Waals surface area (Å²) in [7, 11) is 0. The molecule has 120 valence electrons. The van der Waals surface area contributed by atoms with Crippen LogP contribution < -0.4 is 0 Å². The third-order valence-electron chi connectivity index (χ3n) is 4.75. The Hall–Kier alpha value is -2.03. The van der Waals surface area contributed by atoms with Crippen LogP contribution in [0.2, 0.25) is 0 Å². The normalized spacial score (nSPS) is 21.7. The molecule has 2 aromatic rings. The van der Waals surface area contributed by atoms with Crippen molar-refractivity contribution in [1.82, 2.24) is 0 Å². The van der Waals surface area contributed by atoms with Crippen molar-refractivity contribution in [1.29, 1.82) is 0 Å². The summed E-state index contributed by atoms with van der Waals surface area (Å²) < 4.78 is 38.6. The molecule has 0 amide bonds. The molecule has 0 radical (unpaired) electrons. The molecule has 1 aliphatic carbocycles. The van der Waals surface area contributed by atoms with Crippen LogP contribution in [0.15, 0.2) is 54.9 Å². The van der Waals surface area contributed by atoms with E-state index in [0.717, 1.165) is 37.3 Å². The van der Waals surface area contributed by atoms with Gasteiger partial charge in [0, 0.05) is 0 Å². The highest BCUT2D eigenvalue weighted by molar-refractivity contribution is 5.63. The Bertz CT molecular complexity index is 681. The Morgan fingerprint density at radius 3 is 2.04 bits per heavy atom. The number of allylic oxidation sites excluding steroid dienone is 1. The predicted molar refractivity (Wildman–Crippen MR) is 86.7 cm³/mol. The lowest BCUT2D eigenvalue weighted by molar-refractivity contribution is 0.373. The first-order valence-electron chi connectivity index (χ1n) is 7.99. The van der Waals surface area contributed by atoms with E-state index in [9.17, 15) is 13.2 Å². The van der Waals surface area contributed by atoms with Crippen LogP contribution in [-0.4, -0.2) is 0 Å². The van der Waals surface area contributed by atoms with Gasteiger partial charge in [-0.3, -0.25) is 0 Å². The van der Waals surface area contributed by atoms with Gasteiger partial charge in [-0.2, -0.15) is 0 Å². The minimum absolute atomic E-state index is 0.359. The monoisotopic (exact) mass is 316 g/mol. The Balaban J connectivity index is 1.71. The fourth-order valence-corrected chi connectivity index (χ4v) is 3.37. The van der Waals surface area contributed by atoms with Crippen molar-refractivity contribution < 1.29 is 13.2 Å². The summed E-state index contributed by atoms with van der Waals surface area (Å²) in [5, 5.41) is 0. The Labute approximate surface area is 134 Å². The van der Waals surface area contributed by atoms with Crippen LogP contribution in [-0.2, 0) is 0 Å². The molecule has 0 bridgehead atoms. The topological polar surface area (TPSA) is 0 Å². The van der Waals surface area contributed by atoms with Crippen LogP contribution in [0.4, 0.5) is 13.2 Å². The van der Waals surface area contributed by atoms with Gasteiger partial charge >= 0.3 is 0 Å². The third-order valence-corrected chi connectivity index (χ3v) is 4.75. The molecule has 0 N–H and O–H groups in total. The zero-order chi connectivity index (χ0) is 16.2. The summed E-state index contributed by atoms with van der Waals surface area (Å²) in [6, 6.07) is 12.0. The van der Waals surface area contributed by atoms with Crippen LogP contribution in [0.5, 0.6) is 0 Å². The molecule has 3 heteroatoms. The Kier molecular flexibility index (Phi) is 4.85. The van der Waals surface area contributed by atoms with Gasteiger partial charge in [0.2, 0.25) is 0 Å². The number of hydrogen-bond acceptors (Lipinski definition) is 0. The maximum Gasteiger partial charge on any atom is 0.159 e. The summed E-state index contributed by atoms with van der Waals surface area (Å²) >= 11 is 0. The van der Waals surface area contributed by atoms with Crippen molar-refractivity contribution in [2.45, 2.75) is 31.6 Å². The lowest BCUT2D eigenvalue weighted by Crippen LogP contribution is -2.11. The fraction of sp³-hybridized carbons (Fsp3) is 0.300. The van der Waals surface area contributed by atoms with Gasteiger partial charge in [0.25, 0.3) is 0 Å². The van der Waals surface area contributed by atoms with E-state index in [2.05, 4.69) is 12.1 Å². The molecule has 0 aliphatic heterocycles. The first-order chi connectivity index (χ1) is 11.2. The van der Waals surface area contributed by atoms with Crippen LogP contribution in [0, 0.1) is 17.6 Å². The summed E-state index contributed by atoms with van der Waals surface area (Å²) in [5.74, 6) is -0.800. The number of halogens is 3. The average molecular weight is 316 g/mol. The second kappa shape index (κ2) is 7.03. The lowest BCUT2D eigenvalue weighted by atomic mass is 9.78. The molecule has 23 heavy (non-hydrogen) atoms. The molecular weight excluding hydrogens is 297 g/mol. The molecule has 1 saturated carbocycles. The van der Waals surface area contributed by atoms with E-state index < -0.39 is 11.6 Å². The van der Waals surface area contributed by atoms with E-state index in [1.54, 1.807) is 12.1 Å². The van der Waals surface area contributed by atoms with Gasteiger partial charge in [-0.1, -0.05) is 36.4 Å². The van der Waals surface area contributed by atoms with Crippen molar-refractivity contribution in [2.24, 2.45) is 5.92 Å². The first kappa shape index (κ1) is 15.9. The van der Waals surface area contributed by atoms with Crippen LogP contribution in [0.25, 0.3) is 11.1 Å². The molecule has 0 aromatic heterocycles. The molecule has 2 aromatic carbocycles. The maximum atomic E-state index is 13.3. The lowest BCUT2D eigenvalue weighted by Gasteiger charge is -2.27. The van der Waals surface area contributed by atoms with Gasteiger partial charge in [-0.05, 0) is 66.3 Å². The van der Waals surface area contributed by atoms with Crippen molar-refractivity contribution >= 4 is 0 Å². The standard InChI is InChI=1S/C20H19F3/c21-12-11-14-1-3-15(4-2-14)16-5-7-17(8-6-16)18-9-10-19(22)20(23)13-18/h5-15H,1-4H2. The maximum absolute atomic E-state index is 13.3. The van der Waals surface area contributed by atoms with E-state index in [0.29, 0.717) is 23.7 Å². The molecule has 0 spiro atoms. The Morgan fingerprint density at radius 1 is 0.783 bits per heavy atom. The molecule has 0 atom stereocenters. The van der Waals surface area contributed by atoms with E-state index in [1.807, 2.05) is 12.1 Å². The van der Waals surface area contributed by atoms with Gasteiger partial charge in [-0.25, -0.2) is 13.2 Å². The molecular formula is C20H19F3. The van der Waals surface area contributed by atoms with E-state index in [1.165, 1.54) is 11.6 Å². The van der Waals surface area contributed by atoms with Crippen molar-refractivity contribution in [2.75, 3.05) is 0 Å². The van der Waals surface area contributed by atoms with Gasteiger partial charge in [-0.15, -0.1) is 0 Å². The van der Waals surface area contributed by atoms with Gasteiger partial charge in [0.1, 0.15) is 0 Å². The molecule has 0 heterocycles. The van der Waals surface area contributed by atoms with Gasteiger partial charge < -0.3 is 0 Å². The summed E-state index contributed by atoms with van der Waals surface area (Å²) in [4.78, 5) is 0. The molecule has 0 unspecified atom stereocenters. The summed E-state index contributed by atoms with van der Waals surface area (Å²) in [6.45, 7) is 0. The average Bonchev–Trinajstić information content (AvgIpc) is 2.59. The molecule has 1 aliphatic rings. The highest BCUT2D eigenvalue weighted by atomic mass is 19.2. The van der Waals surface area contributed by atoms with Crippen LogP contribution in [0.1, 0.15) is 37.2 Å². The summed E-state index contributed by atoms with van der Waals surface area (Å²) in [6.07, 6.45) is 6.44. The molecule has 3 rings (SSSR count). The van der Waals surface area contributed by atoms with Gasteiger partial charge in [0.15, 0.2) is 11.6 Å². The SMILES string of the molecule is FC=CC1CCC(c2ccc(-c3ccc(F)c(F)c3)cc2)CC1. The van der Waals surface area contributed by atoms with Crippen molar-refractivity contribution in [3.8, 4) is 11.1 Å². The highest BCUT2D eigenvalue weighted by Gasteiger charge is 2.20. The molecule has 0 saturated heterocycles. The smallest absolute Gasteiger partial charge is 0.159 e. The third kappa shape index (κ3) is 3.66. The molecule has 1 fully saturated rings. The summed E-state index contributed by atoms with van der Waals surface area (Å²) in [5.41, 5.74) is 2.81. The number of hydrogen-bond donors (Lipinski definition) is 0.